The van der Waals surface area contributed by atoms with Gasteiger partial charge in [0.1, 0.15) is 18.0 Å². The summed E-state index contributed by atoms with van der Waals surface area (Å²) in [5, 5.41) is 4.80. The minimum Gasteiger partial charge on any atom is -0.489 e. The molecule has 0 aliphatic rings. The van der Waals surface area contributed by atoms with Crippen molar-refractivity contribution < 1.29 is 14.3 Å². The van der Waals surface area contributed by atoms with Crippen LogP contribution in [0.3, 0.4) is 0 Å². The number of aromatic nitrogens is 1. The van der Waals surface area contributed by atoms with Crippen LogP contribution in [0.2, 0.25) is 5.02 Å². The van der Waals surface area contributed by atoms with Crippen LogP contribution in [0.15, 0.2) is 77.6 Å². The highest BCUT2D eigenvalue weighted by Gasteiger charge is 2.22. The average molecular weight is 547 g/mol. The topological polar surface area (TPSA) is 69.6 Å². The molecule has 0 aliphatic heterocycles. The number of amides is 1. The molecule has 0 saturated carbocycles. The lowest BCUT2D eigenvalue weighted by Gasteiger charge is -2.23. The highest BCUT2D eigenvalue weighted by Crippen LogP contribution is 2.34. The predicted molar refractivity (Wildman–Crippen MR) is 157 cm³/mol. The molecule has 4 aromatic rings. The molecule has 6 nitrogen and oxygen atoms in total. The zero-order valence-electron chi connectivity index (χ0n) is 23.1. The minimum absolute atomic E-state index is 0.111. The molecule has 1 heterocycles. The monoisotopic (exact) mass is 546 g/mol. The van der Waals surface area contributed by atoms with Gasteiger partial charge in [-0.25, -0.2) is 4.79 Å². The average Bonchev–Trinajstić information content (AvgIpc) is 2.88. The fourth-order valence-corrected chi connectivity index (χ4v) is 4.58. The van der Waals surface area contributed by atoms with Gasteiger partial charge in [-0.05, 0) is 68.1 Å². The molecule has 0 fully saturated rings. The van der Waals surface area contributed by atoms with E-state index in [1.807, 2.05) is 93.6 Å². The summed E-state index contributed by atoms with van der Waals surface area (Å²) in [6.07, 6.45) is -0.548. The Labute approximate surface area is 234 Å². The number of halogens is 1. The lowest BCUT2D eigenvalue weighted by molar-refractivity contribution is 0.0522. The number of pyridine rings is 1. The maximum absolute atomic E-state index is 13.8. The summed E-state index contributed by atoms with van der Waals surface area (Å²) >= 11 is 6.22. The molecule has 0 radical (unpaired) electrons. The van der Waals surface area contributed by atoms with E-state index < -0.39 is 11.7 Å². The summed E-state index contributed by atoms with van der Waals surface area (Å²) in [6.45, 7) is 10.6. The number of hydrogen-bond donors (Lipinski definition) is 1. The summed E-state index contributed by atoms with van der Waals surface area (Å²) in [5.41, 5.74) is 2.69. The minimum atomic E-state index is -0.644. The fourth-order valence-electron chi connectivity index (χ4n) is 4.46. The van der Waals surface area contributed by atoms with Crippen LogP contribution in [-0.4, -0.2) is 16.3 Å². The summed E-state index contributed by atoms with van der Waals surface area (Å²) in [5.74, 6) is 0.848. The second-order valence-electron chi connectivity index (χ2n) is 11.0. The fraction of sp³-hybridized carbons (Fsp3) is 0.312. The Bertz CT molecular complexity index is 1500. The van der Waals surface area contributed by atoms with Crippen LogP contribution in [0.4, 0.5) is 4.79 Å². The van der Waals surface area contributed by atoms with Crippen molar-refractivity contribution in [2.75, 3.05) is 0 Å². The highest BCUT2D eigenvalue weighted by atomic mass is 35.5. The summed E-state index contributed by atoms with van der Waals surface area (Å²) in [4.78, 5) is 26.5. The Morgan fingerprint density at radius 3 is 2.31 bits per heavy atom. The van der Waals surface area contributed by atoms with Gasteiger partial charge in [0.2, 0.25) is 0 Å². The zero-order chi connectivity index (χ0) is 28.2. The third-order valence-electron chi connectivity index (χ3n) is 6.08. The molecule has 1 aromatic heterocycles. The number of benzene rings is 3. The van der Waals surface area contributed by atoms with Crippen LogP contribution >= 0.6 is 11.6 Å². The van der Waals surface area contributed by atoms with Crippen LogP contribution in [0.25, 0.3) is 21.9 Å². The third kappa shape index (κ3) is 7.21. The van der Waals surface area contributed by atoms with E-state index in [-0.39, 0.29) is 18.0 Å². The summed E-state index contributed by atoms with van der Waals surface area (Å²) in [6, 6.07) is 23.0. The largest absolute Gasteiger partial charge is 0.489 e. The van der Waals surface area contributed by atoms with Gasteiger partial charge in [-0.15, -0.1) is 0 Å². The number of carbonyl (C=O) groups excluding carboxylic acids is 1. The first-order valence-corrected chi connectivity index (χ1v) is 13.5. The van der Waals surface area contributed by atoms with Crippen LogP contribution in [0.1, 0.15) is 45.9 Å². The first kappa shape index (κ1) is 28.2. The van der Waals surface area contributed by atoms with Gasteiger partial charge in [0, 0.05) is 33.6 Å². The standard InChI is InChI=1S/C32H35ClN2O4/c1-21(2)19-35-28(18-34-31(37)39-32(3,4)5)29(23-11-13-24(33)14-12-23)27-17-25(15-16-26(27)30(35)36)38-20-22-9-7-6-8-10-22/h6-17,21H,18-20H2,1-5H3,(H,34,37). The number of rotatable bonds is 8. The Balaban J connectivity index is 1.88. The van der Waals surface area contributed by atoms with Crippen LogP contribution < -0.4 is 15.6 Å². The van der Waals surface area contributed by atoms with E-state index in [0.29, 0.717) is 35.0 Å². The number of fused-ring (bicyclic) bond motifs is 1. The highest BCUT2D eigenvalue weighted by molar-refractivity contribution is 6.30. The molecule has 4 rings (SSSR count). The van der Waals surface area contributed by atoms with E-state index in [1.165, 1.54) is 0 Å². The molecule has 39 heavy (non-hydrogen) atoms. The summed E-state index contributed by atoms with van der Waals surface area (Å²) in [7, 11) is 0. The smallest absolute Gasteiger partial charge is 0.407 e. The Morgan fingerprint density at radius 1 is 0.974 bits per heavy atom. The summed E-state index contributed by atoms with van der Waals surface area (Å²) < 4.78 is 13.4. The van der Waals surface area contributed by atoms with E-state index in [2.05, 4.69) is 19.2 Å². The van der Waals surface area contributed by atoms with Gasteiger partial charge in [0.25, 0.3) is 5.56 Å². The van der Waals surface area contributed by atoms with Crippen molar-refractivity contribution in [1.29, 1.82) is 0 Å². The lowest BCUT2D eigenvalue weighted by Crippen LogP contribution is -2.35. The molecular weight excluding hydrogens is 512 g/mol. The molecule has 0 aliphatic carbocycles. The molecule has 0 atom stereocenters. The molecule has 204 valence electrons. The van der Waals surface area contributed by atoms with E-state index in [9.17, 15) is 9.59 Å². The van der Waals surface area contributed by atoms with Gasteiger partial charge in [-0.3, -0.25) is 4.79 Å². The van der Waals surface area contributed by atoms with E-state index >= 15 is 0 Å². The first-order chi connectivity index (χ1) is 18.5. The molecule has 0 spiro atoms. The van der Waals surface area contributed by atoms with Gasteiger partial charge in [0.05, 0.1) is 6.54 Å². The number of carbonyl (C=O) groups is 1. The molecular formula is C32H35ClN2O4. The van der Waals surface area contributed by atoms with Crippen molar-refractivity contribution in [2.24, 2.45) is 5.92 Å². The second kappa shape index (κ2) is 12.0. The van der Waals surface area contributed by atoms with Crippen molar-refractivity contribution in [1.82, 2.24) is 9.88 Å². The van der Waals surface area contributed by atoms with Crippen molar-refractivity contribution in [3.05, 3.63) is 99.4 Å². The lowest BCUT2D eigenvalue weighted by atomic mass is 9.96. The van der Waals surface area contributed by atoms with Crippen molar-refractivity contribution in [2.45, 2.75) is 59.9 Å². The van der Waals surface area contributed by atoms with E-state index in [0.717, 1.165) is 22.1 Å². The van der Waals surface area contributed by atoms with Crippen LogP contribution in [-0.2, 0) is 24.4 Å². The number of hydrogen-bond acceptors (Lipinski definition) is 4. The number of ether oxygens (including phenoxy) is 2. The Kier molecular flexibility index (Phi) is 8.66. The maximum atomic E-state index is 13.8. The van der Waals surface area contributed by atoms with Crippen molar-refractivity contribution >= 4 is 28.5 Å². The maximum Gasteiger partial charge on any atom is 0.407 e. The van der Waals surface area contributed by atoms with Crippen LogP contribution in [0.5, 0.6) is 5.75 Å². The molecule has 1 N–H and O–H groups in total. The molecule has 1 amide bonds. The first-order valence-electron chi connectivity index (χ1n) is 13.1. The molecule has 3 aromatic carbocycles. The van der Waals surface area contributed by atoms with Gasteiger partial charge in [-0.2, -0.15) is 0 Å². The van der Waals surface area contributed by atoms with E-state index in [1.54, 1.807) is 4.57 Å². The second-order valence-corrected chi connectivity index (χ2v) is 11.4. The number of nitrogens with zero attached hydrogens (tertiary/aromatic N) is 1. The number of alkyl carbamates (subject to hydrolysis) is 1. The third-order valence-corrected chi connectivity index (χ3v) is 6.33. The zero-order valence-corrected chi connectivity index (χ0v) is 23.8. The van der Waals surface area contributed by atoms with Gasteiger partial charge in [0.15, 0.2) is 0 Å². The van der Waals surface area contributed by atoms with Gasteiger partial charge >= 0.3 is 6.09 Å². The SMILES string of the molecule is CC(C)Cn1c(CNC(=O)OC(C)(C)C)c(-c2ccc(Cl)cc2)c2cc(OCc3ccccc3)ccc2c1=O. The Hall–Kier alpha value is -3.77. The van der Waals surface area contributed by atoms with Gasteiger partial charge in [-0.1, -0.05) is 67.9 Å². The Morgan fingerprint density at radius 2 is 1.67 bits per heavy atom. The molecule has 0 saturated heterocycles. The van der Waals surface area contributed by atoms with E-state index in [4.69, 9.17) is 21.1 Å². The normalized spacial score (nSPS) is 11.6. The molecule has 7 heteroatoms. The van der Waals surface area contributed by atoms with Gasteiger partial charge < -0.3 is 19.4 Å². The van der Waals surface area contributed by atoms with Crippen molar-refractivity contribution in [3.63, 3.8) is 0 Å². The predicted octanol–water partition coefficient (Wildman–Crippen LogP) is 7.58. The molecule has 0 unspecified atom stereocenters. The van der Waals surface area contributed by atoms with Crippen molar-refractivity contribution in [3.8, 4) is 16.9 Å². The molecule has 0 bridgehead atoms. The van der Waals surface area contributed by atoms with Crippen LogP contribution in [0, 0.1) is 5.92 Å². The number of nitrogens with one attached hydrogen (secondary N) is 1. The quantitative estimate of drug-likeness (QED) is 0.247.